The van der Waals surface area contributed by atoms with Crippen LogP contribution in [0.4, 0.5) is 0 Å². The second kappa shape index (κ2) is 4.01. The first-order valence-corrected chi connectivity index (χ1v) is 3.56. The van der Waals surface area contributed by atoms with E-state index in [-0.39, 0.29) is 29.6 Å². The number of carbonyl (C=O) groups excluding carboxylic acids is 2. The molecule has 0 aromatic heterocycles. The molecule has 0 fully saturated rings. The Morgan fingerprint density at radius 2 is 1.77 bits per heavy atom. The molecule has 0 spiro atoms. The summed E-state index contributed by atoms with van der Waals surface area (Å²) in [6.45, 7) is 0. The molecule has 0 radical (unpaired) electrons. The van der Waals surface area contributed by atoms with E-state index in [0.29, 0.717) is 11.1 Å². The van der Waals surface area contributed by atoms with E-state index in [1.54, 1.807) is 18.2 Å². The topological polar surface area (TPSA) is 34.1 Å². The molecule has 3 heteroatoms. The third-order valence-corrected chi connectivity index (χ3v) is 1.75. The van der Waals surface area contributed by atoms with Crippen molar-refractivity contribution in [2.45, 2.75) is 0 Å². The van der Waals surface area contributed by atoms with Gasteiger partial charge >= 0.3 is 29.6 Å². The monoisotopic (exact) mass is 180 g/mol. The fraction of sp³-hybridized carbons (Fsp3) is 0. The van der Waals surface area contributed by atoms with Crippen molar-refractivity contribution in [3.8, 4) is 0 Å². The van der Waals surface area contributed by atoms with Crippen molar-refractivity contribution in [2.75, 3.05) is 0 Å². The van der Waals surface area contributed by atoms with Crippen molar-refractivity contribution < 1.29 is 39.1 Å². The normalized spacial score (nSPS) is 13.5. The number of fused-ring (bicyclic) bond motifs is 1. The number of carbonyl (C=O) groups is 2. The number of allylic oxidation sites excluding steroid dienone is 1. The maximum atomic E-state index is 11.2. The van der Waals surface area contributed by atoms with Gasteiger partial charge in [-0.25, -0.2) is 0 Å². The van der Waals surface area contributed by atoms with Crippen LogP contribution < -0.4 is 29.6 Å². The Hall–Kier alpha value is -0.700. The number of benzene rings is 1. The fourth-order valence-electron chi connectivity index (χ4n) is 1.15. The van der Waals surface area contributed by atoms with Gasteiger partial charge in [-0.3, -0.25) is 0 Å². The molecule has 1 aliphatic rings. The molecule has 0 saturated carbocycles. The van der Waals surface area contributed by atoms with Crippen LogP contribution in [-0.2, 0) is 4.79 Å². The molecule has 0 unspecified atom stereocenters. The molecular weight excluding hydrogens is 175 g/mol. The molecule has 0 N–H and O–H groups in total. The number of Topliss-reactive ketones (excluding diaryl/α,β-unsaturated/α-hetero) is 1. The zero-order valence-corrected chi connectivity index (χ0v) is 9.20. The van der Waals surface area contributed by atoms with Crippen LogP contribution >= 0.6 is 0 Å². The van der Waals surface area contributed by atoms with E-state index in [1.807, 2.05) is 6.07 Å². The Morgan fingerprint density at radius 1 is 1.08 bits per heavy atom. The quantitative estimate of drug-likeness (QED) is 0.267. The summed E-state index contributed by atoms with van der Waals surface area (Å²) in [6.07, 6.45) is 3.93. The zero-order valence-electron chi connectivity index (χ0n) is 7.20. The number of hydrogen-bond donors (Lipinski definition) is 0. The second-order valence-electron chi connectivity index (χ2n) is 2.53. The van der Waals surface area contributed by atoms with Gasteiger partial charge in [0.05, 0.1) is 0 Å². The molecular formula is C10H5NaO2. The summed E-state index contributed by atoms with van der Waals surface area (Å²) >= 11 is 0. The van der Waals surface area contributed by atoms with Gasteiger partial charge in [0.1, 0.15) is 5.78 Å². The summed E-state index contributed by atoms with van der Waals surface area (Å²) in [5, 5.41) is 0. The third-order valence-electron chi connectivity index (χ3n) is 1.75. The van der Waals surface area contributed by atoms with Crippen molar-refractivity contribution in [2.24, 2.45) is 0 Å². The molecule has 0 amide bonds. The van der Waals surface area contributed by atoms with E-state index in [0.717, 1.165) is 0 Å². The predicted molar refractivity (Wildman–Crippen MR) is 42.7 cm³/mol. The van der Waals surface area contributed by atoms with Crippen LogP contribution in [0.5, 0.6) is 0 Å². The van der Waals surface area contributed by atoms with Gasteiger partial charge in [0.2, 0.25) is 0 Å². The first kappa shape index (κ1) is 10.4. The molecule has 2 rings (SSSR count). The molecule has 0 saturated heterocycles. The smallest absolute Gasteiger partial charge is 0.344 e. The minimum atomic E-state index is -0.492. The van der Waals surface area contributed by atoms with E-state index in [4.69, 9.17) is 0 Å². The predicted octanol–water partition coefficient (Wildman–Crippen LogP) is -1.84. The van der Waals surface area contributed by atoms with Crippen LogP contribution in [0, 0.1) is 6.08 Å². The van der Waals surface area contributed by atoms with Crippen molar-refractivity contribution in [1.82, 2.24) is 0 Å². The van der Waals surface area contributed by atoms with Crippen molar-refractivity contribution in [3.63, 3.8) is 0 Å². The van der Waals surface area contributed by atoms with Gasteiger partial charge in [-0.15, -0.1) is 23.8 Å². The van der Waals surface area contributed by atoms with Crippen LogP contribution in [0.3, 0.4) is 0 Å². The molecule has 1 aromatic carbocycles. The molecule has 13 heavy (non-hydrogen) atoms. The molecule has 1 aliphatic carbocycles. The van der Waals surface area contributed by atoms with Crippen molar-refractivity contribution in [3.05, 3.63) is 47.5 Å². The number of ketones is 2. The molecule has 0 atom stereocenters. The summed E-state index contributed by atoms with van der Waals surface area (Å²) in [6, 6.07) is 6.94. The molecule has 0 heterocycles. The average Bonchev–Trinajstić information content (AvgIpc) is 2.12. The van der Waals surface area contributed by atoms with Crippen LogP contribution in [0.15, 0.2) is 30.3 Å². The standard InChI is InChI=1S/C10H5O2.Na/c11-9-6-5-7-3-1-2-4-8(7)10(9)12;/h1-4,6H;/q-1;+1. The van der Waals surface area contributed by atoms with Gasteiger partial charge in [0.25, 0.3) is 0 Å². The van der Waals surface area contributed by atoms with E-state index >= 15 is 0 Å². The molecule has 0 bridgehead atoms. The van der Waals surface area contributed by atoms with Gasteiger partial charge < -0.3 is 9.59 Å². The third kappa shape index (κ3) is 1.80. The minimum Gasteiger partial charge on any atom is -0.344 e. The van der Waals surface area contributed by atoms with E-state index in [2.05, 4.69) is 6.08 Å². The maximum absolute atomic E-state index is 11.2. The Morgan fingerprint density at radius 3 is 2.54 bits per heavy atom. The first-order valence-electron chi connectivity index (χ1n) is 3.56. The first-order chi connectivity index (χ1) is 5.79. The molecule has 58 valence electrons. The Kier molecular flexibility index (Phi) is 3.20. The SMILES string of the molecule is O=C1C=[C-]c2ccccc2C1=O.[Na+]. The molecule has 0 aliphatic heterocycles. The zero-order chi connectivity index (χ0) is 8.55. The summed E-state index contributed by atoms with van der Waals surface area (Å²) in [5.74, 6) is -0.932. The summed E-state index contributed by atoms with van der Waals surface area (Å²) in [7, 11) is 0. The fourth-order valence-corrected chi connectivity index (χ4v) is 1.15. The summed E-state index contributed by atoms with van der Waals surface area (Å²) in [4.78, 5) is 22.1. The Labute approximate surface area is 97.9 Å². The summed E-state index contributed by atoms with van der Waals surface area (Å²) < 4.78 is 0. The average molecular weight is 180 g/mol. The van der Waals surface area contributed by atoms with Crippen LogP contribution in [-0.4, -0.2) is 11.6 Å². The minimum absolute atomic E-state index is 0. The Bertz CT molecular complexity index is 394. The van der Waals surface area contributed by atoms with Gasteiger partial charge in [0.15, 0.2) is 5.78 Å². The number of hydrogen-bond acceptors (Lipinski definition) is 2. The second-order valence-corrected chi connectivity index (χ2v) is 2.53. The van der Waals surface area contributed by atoms with E-state index in [1.165, 1.54) is 6.08 Å². The molecule has 1 aromatic rings. The van der Waals surface area contributed by atoms with Gasteiger partial charge in [-0.2, -0.15) is 0 Å². The largest absolute Gasteiger partial charge is 1.00 e. The van der Waals surface area contributed by atoms with Gasteiger partial charge in [0, 0.05) is 0 Å². The van der Waals surface area contributed by atoms with Crippen LogP contribution in [0.25, 0.3) is 0 Å². The van der Waals surface area contributed by atoms with E-state index < -0.39 is 11.6 Å². The van der Waals surface area contributed by atoms with Gasteiger partial charge in [-0.1, -0.05) is 23.8 Å². The van der Waals surface area contributed by atoms with Gasteiger partial charge in [-0.05, 0) is 0 Å². The maximum Gasteiger partial charge on any atom is 1.00 e. The summed E-state index contributed by atoms with van der Waals surface area (Å²) in [5.41, 5.74) is 1.15. The van der Waals surface area contributed by atoms with Crippen LogP contribution in [0.2, 0.25) is 0 Å². The van der Waals surface area contributed by atoms with E-state index in [9.17, 15) is 9.59 Å². The van der Waals surface area contributed by atoms with Crippen LogP contribution in [0.1, 0.15) is 15.9 Å². The Balaban J connectivity index is 0.000000845. The number of rotatable bonds is 0. The van der Waals surface area contributed by atoms with Crippen molar-refractivity contribution in [1.29, 1.82) is 0 Å². The molecule has 2 nitrogen and oxygen atoms in total. The van der Waals surface area contributed by atoms with Crippen molar-refractivity contribution >= 4 is 11.6 Å².